The summed E-state index contributed by atoms with van der Waals surface area (Å²) in [5.41, 5.74) is 5.13. The fourth-order valence-electron chi connectivity index (χ4n) is 1.60. The second kappa shape index (κ2) is 4.70. The highest BCUT2D eigenvalue weighted by atomic mass is 16.7. The van der Waals surface area contributed by atoms with Crippen LogP contribution in [0, 0.1) is 0 Å². The van der Waals surface area contributed by atoms with Crippen LogP contribution in [0.4, 0.5) is 0 Å². The number of imidazole rings is 1. The summed E-state index contributed by atoms with van der Waals surface area (Å²) in [6.07, 6.45) is -0.791. The summed E-state index contributed by atoms with van der Waals surface area (Å²) in [6, 6.07) is 0. The van der Waals surface area contributed by atoms with E-state index < -0.39 is 24.4 Å². The van der Waals surface area contributed by atoms with Gasteiger partial charge in [0.1, 0.15) is 6.10 Å². The van der Waals surface area contributed by atoms with Gasteiger partial charge in [-0.25, -0.2) is 4.98 Å². The number of rotatable bonds is 4. The summed E-state index contributed by atoms with van der Waals surface area (Å²) in [5, 5.41) is 18.4. The Bertz CT molecular complexity index is 407. The summed E-state index contributed by atoms with van der Waals surface area (Å²) < 4.78 is 10.5. The standard InChI is InChI=1S/C9H13N3O5/c10-8(15)7-9(12-3-11-7)17-6-1-4(14)5(2-13)16-6/h3-6,13-14H,1-2H2,(H2,10,15)(H,11,12)/t4-,5+,6-/m0/s1. The summed E-state index contributed by atoms with van der Waals surface area (Å²) in [5.74, 6) is -0.678. The third-order valence-electron chi connectivity index (χ3n) is 2.46. The number of nitrogens with two attached hydrogens (primary N) is 1. The molecule has 1 aliphatic heterocycles. The van der Waals surface area contributed by atoms with E-state index in [4.69, 9.17) is 20.3 Å². The minimum absolute atomic E-state index is 0.0216. The number of carbonyl (C=O) groups is 1. The first-order chi connectivity index (χ1) is 8.11. The van der Waals surface area contributed by atoms with Crippen LogP contribution in [-0.2, 0) is 4.74 Å². The van der Waals surface area contributed by atoms with Gasteiger partial charge in [-0.05, 0) is 0 Å². The van der Waals surface area contributed by atoms with E-state index in [0.717, 1.165) is 0 Å². The van der Waals surface area contributed by atoms with Gasteiger partial charge in [-0.2, -0.15) is 0 Å². The van der Waals surface area contributed by atoms with Gasteiger partial charge in [0.05, 0.1) is 19.0 Å². The van der Waals surface area contributed by atoms with Crippen molar-refractivity contribution in [1.82, 2.24) is 9.97 Å². The molecule has 1 saturated heterocycles. The van der Waals surface area contributed by atoms with E-state index in [1.165, 1.54) is 6.33 Å². The van der Waals surface area contributed by atoms with Gasteiger partial charge < -0.3 is 30.4 Å². The second-order valence-corrected chi connectivity index (χ2v) is 3.65. The lowest BCUT2D eigenvalue weighted by molar-refractivity contribution is -0.0947. The average Bonchev–Trinajstić information content (AvgIpc) is 2.85. The molecule has 1 amide bonds. The summed E-state index contributed by atoms with van der Waals surface area (Å²) in [6.45, 7) is -0.301. The van der Waals surface area contributed by atoms with Crippen molar-refractivity contribution in [1.29, 1.82) is 0 Å². The summed E-state index contributed by atoms with van der Waals surface area (Å²) >= 11 is 0. The molecule has 8 heteroatoms. The molecule has 0 aromatic carbocycles. The van der Waals surface area contributed by atoms with Crippen LogP contribution in [0.3, 0.4) is 0 Å². The SMILES string of the molecule is NC(=O)c1[nH]cnc1O[C@H]1C[C@H](O)[C@@H](CO)O1. The highest BCUT2D eigenvalue weighted by Crippen LogP contribution is 2.24. The Hall–Kier alpha value is -1.64. The smallest absolute Gasteiger partial charge is 0.270 e. The predicted molar refractivity (Wildman–Crippen MR) is 54.1 cm³/mol. The van der Waals surface area contributed by atoms with Gasteiger partial charge in [0.2, 0.25) is 12.2 Å². The molecule has 5 N–H and O–H groups in total. The molecule has 2 rings (SSSR count). The number of hydrogen-bond acceptors (Lipinski definition) is 6. The fraction of sp³-hybridized carbons (Fsp3) is 0.556. The average molecular weight is 243 g/mol. The van der Waals surface area contributed by atoms with Crippen LogP contribution in [0.1, 0.15) is 16.9 Å². The molecule has 0 radical (unpaired) electrons. The molecule has 0 bridgehead atoms. The molecular formula is C9H13N3O5. The number of ether oxygens (including phenoxy) is 2. The maximum atomic E-state index is 11.0. The van der Waals surface area contributed by atoms with E-state index in [1.54, 1.807) is 0 Å². The molecule has 17 heavy (non-hydrogen) atoms. The number of nitrogens with zero attached hydrogens (tertiary/aromatic N) is 1. The van der Waals surface area contributed by atoms with Gasteiger partial charge in [-0.15, -0.1) is 0 Å². The van der Waals surface area contributed by atoms with Crippen molar-refractivity contribution >= 4 is 5.91 Å². The molecule has 0 aliphatic carbocycles. The highest BCUT2D eigenvalue weighted by Gasteiger charge is 2.35. The molecule has 0 saturated carbocycles. The molecule has 1 aromatic heterocycles. The van der Waals surface area contributed by atoms with Gasteiger partial charge in [0.25, 0.3) is 5.91 Å². The number of amides is 1. The first-order valence-electron chi connectivity index (χ1n) is 5.06. The maximum Gasteiger partial charge on any atom is 0.270 e. The number of primary amides is 1. The lowest BCUT2D eigenvalue weighted by Gasteiger charge is -2.12. The van der Waals surface area contributed by atoms with Crippen molar-refractivity contribution in [2.24, 2.45) is 5.73 Å². The van der Waals surface area contributed by atoms with E-state index >= 15 is 0 Å². The number of nitrogens with one attached hydrogen (secondary N) is 1. The maximum absolute atomic E-state index is 11.0. The molecule has 0 spiro atoms. The number of carbonyl (C=O) groups excluding carboxylic acids is 1. The molecule has 0 unspecified atom stereocenters. The molecular weight excluding hydrogens is 230 g/mol. The van der Waals surface area contributed by atoms with E-state index in [2.05, 4.69) is 9.97 Å². The number of aromatic nitrogens is 2. The third kappa shape index (κ3) is 2.38. The molecule has 94 valence electrons. The number of H-pyrrole nitrogens is 1. The zero-order valence-corrected chi connectivity index (χ0v) is 8.87. The van der Waals surface area contributed by atoms with Crippen molar-refractivity contribution in [3.8, 4) is 5.88 Å². The summed E-state index contributed by atoms with van der Waals surface area (Å²) in [7, 11) is 0. The molecule has 1 fully saturated rings. The van der Waals surface area contributed by atoms with Gasteiger partial charge in [0, 0.05) is 6.42 Å². The van der Waals surface area contributed by atoms with Crippen molar-refractivity contribution in [3.05, 3.63) is 12.0 Å². The van der Waals surface area contributed by atoms with Gasteiger partial charge in [-0.1, -0.05) is 0 Å². The van der Waals surface area contributed by atoms with Crippen LogP contribution in [0.2, 0.25) is 0 Å². The van der Waals surface area contributed by atoms with Crippen LogP contribution in [-0.4, -0.2) is 51.2 Å². The monoisotopic (exact) mass is 243 g/mol. The first kappa shape index (κ1) is 11.8. The highest BCUT2D eigenvalue weighted by molar-refractivity contribution is 5.93. The zero-order chi connectivity index (χ0) is 12.4. The molecule has 8 nitrogen and oxygen atoms in total. The lowest BCUT2D eigenvalue weighted by atomic mass is 10.2. The van der Waals surface area contributed by atoms with Gasteiger partial charge in [-0.3, -0.25) is 4.79 Å². The Balaban J connectivity index is 2.02. The Morgan fingerprint density at radius 2 is 2.53 bits per heavy atom. The molecule has 3 atom stereocenters. The lowest BCUT2D eigenvalue weighted by Crippen LogP contribution is -2.25. The van der Waals surface area contributed by atoms with Crippen LogP contribution >= 0.6 is 0 Å². The molecule has 1 aliphatic rings. The van der Waals surface area contributed by atoms with Crippen LogP contribution in [0.25, 0.3) is 0 Å². The number of hydrogen-bond donors (Lipinski definition) is 4. The van der Waals surface area contributed by atoms with Crippen molar-refractivity contribution in [2.75, 3.05) is 6.61 Å². The molecule has 2 heterocycles. The van der Waals surface area contributed by atoms with E-state index in [1.807, 2.05) is 0 Å². The number of aromatic amines is 1. The van der Waals surface area contributed by atoms with Crippen molar-refractivity contribution < 1.29 is 24.5 Å². The van der Waals surface area contributed by atoms with E-state index in [0.29, 0.717) is 0 Å². The number of aliphatic hydroxyl groups is 2. The Labute approximate surface area is 96.4 Å². The van der Waals surface area contributed by atoms with E-state index in [-0.39, 0.29) is 24.6 Å². The Morgan fingerprint density at radius 3 is 3.12 bits per heavy atom. The number of aliphatic hydroxyl groups excluding tert-OH is 2. The Morgan fingerprint density at radius 1 is 1.76 bits per heavy atom. The van der Waals surface area contributed by atoms with E-state index in [9.17, 15) is 9.90 Å². The zero-order valence-electron chi connectivity index (χ0n) is 8.87. The van der Waals surface area contributed by atoms with Crippen LogP contribution in [0.15, 0.2) is 6.33 Å². The predicted octanol–water partition coefficient (Wildman–Crippen LogP) is -1.64. The van der Waals surface area contributed by atoms with Gasteiger partial charge in [0.15, 0.2) is 5.69 Å². The summed E-state index contributed by atoms with van der Waals surface area (Å²) in [4.78, 5) is 17.3. The normalized spacial score (nSPS) is 28.2. The van der Waals surface area contributed by atoms with Crippen LogP contribution < -0.4 is 10.5 Å². The van der Waals surface area contributed by atoms with Gasteiger partial charge >= 0.3 is 0 Å². The first-order valence-corrected chi connectivity index (χ1v) is 5.06. The fourth-order valence-corrected chi connectivity index (χ4v) is 1.60. The quantitative estimate of drug-likeness (QED) is 0.501. The second-order valence-electron chi connectivity index (χ2n) is 3.65. The topological polar surface area (TPSA) is 131 Å². The minimum Gasteiger partial charge on any atom is -0.446 e. The Kier molecular flexibility index (Phi) is 3.27. The van der Waals surface area contributed by atoms with Crippen LogP contribution in [0.5, 0.6) is 5.88 Å². The van der Waals surface area contributed by atoms with Crippen molar-refractivity contribution in [3.63, 3.8) is 0 Å². The minimum atomic E-state index is -0.805. The third-order valence-corrected chi connectivity index (χ3v) is 2.46. The van der Waals surface area contributed by atoms with Crippen molar-refractivity contribution in [2.45, 2.75) is 24.9 Å². The largest absolute Gasteiger partial charge is 0.446 e. The molecule has 1 aromatic rings.